The van der Waals surface area contributed by atoms with Gasteiger partial charge in [-0.1, -0.05) is 30.0 Å². The van der Waals surface area contributed by atoms with Crippen molar-refractivity contribution in [3.8, 4) is 17.9 Å². The van der Waals surface area contributed by atoms with E-state index in [2.05, 4.69) is 17.2 Å². The van der Waals surface area contributed by atoms with Crippen molar-refractivity contribution in [3.63, 3.8) is 0 Å². The van der Waals surface area contributed by atoms with Gasteiger partial charge in [-0.05, 0) is 30.3 Å². The molecule has 2 rings (SSSR count). The summed E-state index contributed by atoms with van der Waals surface area (Å²) < 4.78 is 0. The highest BCUT2D eigenvalue weighted by atomic mass is 16.1. The Morgan fingerprint density at radius 1 is 1.17 bits per heavy atom. The number of nitriles is 1. The van der Waals surface area contributed by atoms with Crippen molar-refractivity contribution in [2.75, 3.05) is 25.5 Å². The Kier molecular flexibility index (Phi) is 5.39. The Hall–Kier alpha value is -3.24. The van der Waals surface area contributed by atoms with Crippen molar-refractivity contribution >= 4 is 11.6 Å². The van der Waals surface area contributed by atoms with Crippen molar-refractivity contribution in [2.24, 2.45) is 0 Å². The predicted molar refractivity (Wildman–Crippen MR) is 91.1 cm³/mol. The lowest BCUT2D eigenvalue weighted by Crippen LogP contribution is -2.23. The number of rotatable bonds is 3. The first-order valence-corrected chi connectivity index (χ1v) is 7.15. The molecule has 0 radical (unpaired) electrons. The smallest absolute Gasteiger partial charge is 0.252 e. The zero-order chi connectivity index (χ0) is 16.7. The number of carbonyl (C=O) groups is 1. The molecule has 0 aliphatic carbocycles. The van der Waals surface area contributed by atoms with Gasteiger partial charge in [-0.2, -0.15) is 5.26 Å². The lowest BCUT2D eigenvalue weighted by Gasteiger charge is -2.13. The van der Waals surface area contributed by atoms with Crippen LogP contribution >= 0.6 is 0 Å². The maximum atomic E-state index is 12.0. The molecule has 0 aromatic heterocycles. The number of hydrogen-bond acceptors (Lipinski definition) is 3. The fraction of sp³-hybridized carbons (Fsp3) is 0.158. The summed E-state index contributed by atoms with van der Waals surface area (Å²) in [4.78, 5) is 14.0. The largest absolute Gasteiger partial charge is 0.377 e. The maximum absolute atomic E-state index is 12.0. The molecular weight excluding hydrogens is 286 g/mol. The number of nitrogens with zero attached hydrogens (tertiary/aromatic N) is 2. The van der Waals surface area contributed by atoms with Crippen LogP contribution in [0, 0.1) is 23.2 Å². The monoisotopic (exact) mass is 303 g/mol. The van der Waals surface area contributed by atoms with Crippen molar-refractivity contribution in [1.29, 1.82) is 5.26 Å². The maximum Gasteiger partial charge on any atom is 0.252 e. The molecule has 4 nitrogen and oxygen atoms in total. The number of anilines is 1. The zero-order valence-corrected chi connectivity index (χ0v) is 13.1. The number of benzene rings is 2. The first-order chi connectivity index (χ1) is 11.1. The number of carbonyl (C=O) groups excluding carboxylic acids is 1. The van der Waals surface area contributed by atoms with Gasteiger partial charge < -0.3 is 10.2 Å². The van der Waals surface area contributed by atoms with Crippen LogP contribution in [0.4, 0.5) is 5.69 Å². The van der Waals surface area contributed by atoms with Gasteiger partial charge in [0, 0.05) is 25.2 Å². The summed E-state index contributed by atoms with van der Waals surface area (Å²) in [5, 5.41) is 11.6. The summed E-state index contributed by atoms with van der Waals surface area (Å²) in [5.74, 6) is 5.78. The first kappa shape index (κ1) is 16.1. The van der Waals surface area contributed by atoms with E-state index >= 15 is 0 Å². The Morgan fingerprint density at radius 3 is 2.70 bits per heavy atom. The van der Waals surface area contributed by atoms with Crippen LogP contribution in [0.1, 0.15) is 21.5 Å². The van der Waals surface area contributed by atoms with Crippen LogP contribution in [0.25, 0.3) is 0 Å². The van der Waals surface area contributed by atoms with Gasteiger partial charge in [-0.3, -0.25) is 4.79 Å². The number of nitrogens with one attached hydrogen (secondary N) is 1. The molecule has 1 N–H and O–H groups in total. The average molecular weight is 303 g/mol. The van der Waals surface area contributed by atoms with Gasteiger partial charge in [-0.15, -0.1) is 0 Å². The van der Waals surface area contributed by atoms with Crippen LogP contribution in [0.5, 0.6) is 0 Å². The zero-order valence-electron chi connectivity index (χ0n) is 13.1. The first-order valence-electron chi connectivity index (χ1n) is 7.15. The normalized spacial score (nSPS) is 9.26. The molecule has 0 aliphatic rings. The molecule has 0 saturated heterocycles. The van der Waals surface area contributed by atoms with Crippen molar-refractivity contribution in [2.45, 2.75) is 0 Å². The Labute approximate surface area is 136 Å². The number of hydrogen-bond donors (Lipinski definition) is 1. The molecule has 0 fully saturated rings. The van der Waals surface area contributed by atoms with Gasteiger partial charge in [0.15, 0.2) is 0 Å². The number of amides is 1. The lowest BCUT2D eigenvalue weighted by atomic mass is 10.1. The molecule has 0 aliphatic heterocycles. The van der Waals surface area contributed by atoms with E-state index < -0.39 is 0 Å². The third-order valence-electron chi connectivity index (χ3n) is 3.20. The highest BCUT2D eigenvalue weighted by molar-refractivity contribution is 5.94. The van der Waals surface area contributed by atoms with Gasteiger partial charge in [0.25, 0.3) is 5.91 Å². The molecule has 2 aromatic carbocycles. The molecule has 4 heteroatoms. The highest BCUT2D eigenvalue weighted by Gasteiger charge is 2.04. The predicted octanol–water partition coefficient (Wildman–Crippen LogP) is 2.41. The van der Waals surface area contributed by atoms with Crippen LogP contribution < -0.4 is 10.2 Å². The molecular formula is C19H17N3O. The summed E-state index contributed by atoms with van der Waals surface area (Å²) in [6, 6.07) is 16.4. The Bertz CT molecular complexity index is 807. The molecule has 0 atom stereocenters. The second kappa shape index (κ2) is 7.68. The Morgan fingerprint density at radius 2 is 1.96 bits per heavy atom. The number of para-hydroxylation sites is 1. The summed E-state index contributed by atoms with van der Waals surface area (Å²) >= 11 is 0. The molecule has 23 heavy (non-hydrogen) atoms. The van der Waals surface area contributed by atoms with Crippen LogP contribution in [0.3, 0.4) is 0 Å². The third-order valence-corrected chi connectivity index (χ3v) is 3.20. The average Bonchev–Trinajstić information content (AvgIpc) is 2.58. The fourth-order valence-electron chi connectivity index (χ4n) is 2.07. The van der Waals surface area contributed by atoms with Gasteiger partial charge in [-0.25, -0.2) is 0 Å². The Balaban J connectivity index is 2.01. The van der Waals surface area contributed by atoms with E-state index in [1.807, 2.05) is 49.3 Å². The van der Waals surface area contributed by atoms with Crippen molar-refractivity contribution < 1.29 is 4.79 Å². The molecule has 0 bridgehead atoms. The van der Waals surface area contributed by atoms with E-state index in [0.29, 0.717) is 11.1 Å². The van der Waals surface area contributed by atoms with Crippen LogP contribution in [-0.2, 0) is 0 Å². The second-order valence-electron chi connectivity index (χ2n) is 5.09. The van der Waals surface area contributed by atoms with E-state index in [9.17, 15) is 4.79 Å². The van der Waals surface area contributed by atoms with Gasteiger partial charge in [0.2, 0.25) is 0 Å². The second-order valence-corrected chi connectivity index (χ2v) is 5.09. The van der Waals surface area contributed by atoms with Crippen LogP contribution in [0.2, 0.25) is 0 Å². The third kappa shape index (κ3) is 4.36. The molecule has 0 unspecified atom stereocenters. The molecule has 0 heterocycles. The molecule has 114 valence electrons. The topological polar surface area (TPSA) is 56.1 Å². The highest BCUT2D eigenvalue weighted by Crippen LogP contribution is 2.16. The van der Waals surface area contributed by atoms with E-state index in [-0.39, 0.29) is 12.5 Å². The minimum Gasteiger partial charge on any atom is -0.377 e. The SMILES string of the molecule is CN(C)c1ccccc1C#CCNC(=O)c1cccc(C#N)c1. The van der Waals surface area contributed by atoms with Gasteiger partial charge in [0.1, 0.15) is 0 Å². The van der Waals surface area contributed by atoms with E-state index in [0.717, 1.165) is 11.3 Å². The van der Waals surface area contributed by atoms with Crippen molar-refractivity contribution in [1.82, 2.24) is 5.32 Å². The quantitative estimate of drug-likeness (QED) is 0.886. The summed E-state index contributed by atoms with van der Waals surface area (Å²) in [5.41, 5.74) is 2.87. The lowest BCUT2D eigenvalue weighted by molar-refractivity contribution is 0.0958. The van der Waals surface area contributed by atoms with Crippen molar-refractivity contribution in [3.05, 3.63) is 65.2 Å². The van der Waals surface area contributed by atoms with Gasteiger partial charge >= 0.3 is 0 Å². The standard InChI is InChI=1S/C19H17N3O/c1-22(2)18-11-4-3-8-16(18)10-6-12-21-19(23)17-9-5-7-15(13-17)14-20/h3-5,7-9,11,13H,12H2,1-2H3,(H,21,23). The minimum absolute atomic E-state index is 0.239. The van der Waals surface area contributed by atoms with E-state index in [1.54, 1.807) is 24.3 Å². The molecule has 0 saturated carbocycles. The molecule has 2 aromatic rings. The molecule has 0 spiro atoms. The molecule has 1 amide bonds. The summed E-state index contributed by atoms with van der Waals surface area (Å²) in [6.45, 7) is 0.247. The van der Waals surface area contributed by atoms with E-state index in [1.165, 1.54) is 0 Å². The summed E-state index contributed by atoms with van der Waals surface area (Å²) in [7, 11) is 3.93. The van der Waals surface area contributed by atoms with E-state index in [4.69, 9.17) is 5.26 Å². The van der Waals surface area contributed by atoms with Gasteiger partial charge in [0.05, 0.1) is 23.9 Å². The van der Waals surface area contributed by atoms with Crippen LogP contribution in [0.15, 0.2) is 48.5 Å². The summed E-state index contributed by atoms with van der Waals surface area (Å²) in [6.07, 6.45) is 0. The minimum atomic E-state index is -0.239. The fourth-order valence-corrected chi connectivity index (χ4v) is 2.07. The van der Waals surface area contributed by atoms with Crippen LogP contribution in [-0.4, -0.2) is 26.5 Å².